The number of aliphatic hydroxyl groups is 1. The molecule has 2 aromatic rings. The number of carbonyl (C=O) groups is 2. The Morgan fingerprint density at radius 1 is 1.14 bits per heavy atom. The summed E-state index contributed by atoms with van der Waals surface area (Å²) in [6.45, 7) is 0.266. The number of carbonyl (C=O) groups excluding carboxylic acids is 2. The third-order valence-electron chi connectivity index (χ3n) is 4.48. The fourth-order valence-corrected chi connectivity index (χ4v) is 3.60. The second-order valence-electron chi connectivity index (χ2n) is 6.67. The highest BCUT2D eigenvalue weighted by molar-refractivity contribution is 7.90. The number of likely N-dealkylation sites (N-methyl/N-ethyl adjacent to an activating group) is 1. The van der Waals surface area contributed by atoms with Gasteiger partial charge < -0.3 is 15.3 Å². The van der Waals surface area contributed by atoms with Gasteiger partial charge in [-0.25, -0.2) is 8.42 Å². The monoisotopic (exact) mass is 400 g/mol. The summed E-state index contributed by atoms with van der Waals surface area (Å²) >= 11 is 0. The number of nitrogens with zero attached hydrogens (tertiary/aromatic N) is 1. The van der Waals surface area contributed by atoms with E-state index in [0.29, 0.717) is 0 Å². The number of sulfone groups is 1. The van der Waals surface area contributed by atoms with Crippen molar-refractivity contribution in [3.8, 4) is 11.1 Å². The highest BCUT2D eigenvalue weighted by atomic mass is 32.2. The Bertz CT molecular complexity index is 1090. The Kier molecular flexibility index (Phi) is 5.24. The molecular weight excluding hydrogens is 380 g/mol. The van der Waals surface area contributed by atoms with Crippen molar-refractivity contribution in [1.29, 1.82) is 0 Å². The van der Waals surface area contributed by atoms with Gasteiger partial charge in [-0.15, -0.1) is 0 Å². The molecule has 0 fully saturated rings. The predicted molar refractivity (Wildman–Crippen MR) is 104 cm³/mol. The zero-order chi connectivity index (χ0) is 20.5. The van der Waals surface area contributed by atoms with Gasteiger partial charge in [0.25, 0.3) is 11.8 Å². The molecule has 146 valence electrons. The summed E-state index contributed by atoms with van der Waals surface area (Å²) in [6.07, 6.45) is 1.16. The van der Waals surface area contributed by atoms with E-state index in [4.69, 9.17) is 0 Å². The van der Waals surface area contributed by atoms with Crippen LogP contribution in [0.2, 0.25) is 0 Å². The van der Waals surface area contributed by atoms with Crippen molar-refractivity contribution in [3.63, 3.8) is 0 Å². The van der Waals surface area contributed by atoms with Crippen LogP contribution < -0.4 is 5.32 Å². The molecule has 0 aliphatic carbocycles. The molecule has 1 aliphatic rings. The average molecular weight is 400 g/mol. The number of hydrogen-bond acceptors (Lipinski definition) is 5. The van der Waals surface area contributed by atoms with Gasteiger partial charge in [0.1, 0.15) is 0 Å². The molecule has 0 saturated heterocycles. The summed E-state index contributed by atoms with van der Waals surface area (Å²) in [5, 5.41) is 12.5. The molecule has 28 heavy (non-hydrogen) atoms. The average Bonchev–Trinajstić information content (AvgIpc) is 2.93. The molecule has 2 aromatic carbocycles. The third kappa shape index (κ3) is 4.07. The maximum atomic E-state index is 12.3. The van der Waals surface area contributed by atoms with Gasteiger partial charge in [-0.3, -0.25) is 9.59 Å². The number of rotatable bonds is 5. The first-order chi connectivity index (χ1) is 13.2. The molecule has 8 heteroatoms. The van der Waals surface area contributed by atoms with Crippen molar-refractivity contribution >= 4 is 21.7 Å². The molecule has 0 spiro atoms. The van der Waals surface area contributed by atoms with E-state index in [0.717, 1.165) is 22.9 Å². The first-order valence-electron chi connectivity index (χ1n) is 8.52. The second-order valence-corrected chi connectivity index (χ2v) is 8.69. The van der Waals surface area contributed by atoms with Crippen molar-refractivity contribution in [1.82, 2.24) is 10.2 Å². The van der Waals surface area contributed by atoms with Crippen LogP contribution in [0.3, 0.4) is 0 Å². The van der Waals surface area contributed by atoms with Crippen LogP contribution >= 0.6 is 0 Å². The van der Waals surface area contributed by atoms with E-state index >= 15 is 0 Å². The summed E-state index contributed by atoms with van der Waals surface area (Å²) in [5.41, 5.74) is 2.41. The molecular formula is C20H20N2O5S. The fourth-order valence-electron chi connectivity index (χ4n) is 2.93. The van der Waals surface area contributed by atoms with E-state index in [1.165, 1.54) is 11.9 Å². The topological polar surface area (TPSA) is 104 Å². The minimum atomic E-state index is -3.31. The minimum absolute atomic E-state index is 0.0458. The summed E-state index contributed by atoms with van der Waals surface area (Å²) in [7, 11) is -1.80. The van der Waals surface area contributed by atoms with Crippen LogP contribution in [0.15, 0.2) is 64.8 Å². The maximum Gasteiger partial charge on any atom is 0.289 e. The van der Waals surface area contributed by atoms with Gasteiger partial charge >= 0.3 is 0 Å². The Morgan fingerprint density at radius 2 is 1.79 bits per heavy atom. The molecule has 0 unspecified atom stereocenters. The lowest BCUT2D eigenvalue weighted by atomic mass is 10.0. The van der Waals surface area contributed by atoms with E-state index in [9.17, 15) is 23.1 Å². The summed E-state index contributed by atoms with van der Waals surface area (Å²) in [6, 6.07) is 14.0. The van der Waals surface area contributed by atoms with Gasteiger partial charge in [0.2, 0.25) is 0 Å². The van der Waals surface area contributed by atoms with Crippen LogP contribution in [0, 0.1) is 0 Å². The van der Waals surface area contributed by atoms with Crippen molar-refractivity contribution in [3.05, 3.63) is 65.4 Å². The van der Waals surface area contributed by atoms with Crippen LogP contribution in [-0.4, -0.2) is 50.1 Å². The summed E-state index contributed by atoms with van der Waals surface area (Å²) in [4.78, 5) is 25.3. The standard InChI is InChI=1S/C20H20N2O5S/c1-22-12-17(18(23)20(22)25)19(24)21-11-13-5-3-6-14(9-13)15-7-4-8-16(10-15)28(2,26)27/h3-10,23H,11-12H2,1-2H3,(H,21,24). The lowest BCUT2D eigenvalue weighted by Gasteiger charge is -2.10. The number of amides is 2. The van der Waals surface area contributed by atoms with Gasteiger partial charge in [-0.05, 0) is 34.9 Å². The molecule has 2 N–H and O–H groups in total. The Morgan fingerprint density at radius 3 is 2.39 bits per heavy atom. The number of nitrogens with one attached hydrogen (secondary N) is 1. The molecule has 7 nitrogen and oxygen atoms in total. The summed E-state index contributed by atoms with van der Waals surface area (Å²) in [5.74, 6) is -1.59. The highest BCUT2D eigenvalue weighted by Crippen LogP contribution is 2.23. The molecule has 2 amide bonds. The van der Waals surface area contributed by atoms with E-state index in [2.05, 4.69) is 5.32 Å². The smallest absolute Gasteiger partial charge is 0.289 e. The first-order valence-corrected chi connectivity index (χ1v) is 10.4. The number of hydrogen-bond donors (Lipinski definition) is 2. The zero-order valence-electron chi connectivity index (χ0n) is 15.5. The van der Waals surface area contributed by atoms with Crippen LogP contribution in [-0.2, 0) is 26.0 Å². The molecule has 0 radical (unpaired) electrons. The fraction of sp³-hybridized carbons (Fsp3) is 0.200. The molecule has 0 bridgehead atoms. The summed E-state index contributed by atoms with van der Waals surface area (Å²) < 4.78 is 23.5. The van der Waals surface area contributed by atoms with Crippen molar-refractivity contribution in [2.45, 2.75) is 11.4 Å². The SMILES string of the molecule is CN1CC(C(=O)NCc2cccc(-c3cccc(S(C)(=O)=O)c3)c2)=C(O)C1=O. The van der Waals surface area contributed by atoms with Gasteiger partial charge in [0.15, 0.2) is 15.6 Å². The molecule has 1 aliphatic heterocycles. The van der Waals surface area contributed by atoms with E-state index in [-0.39, 0.29) is 23.6 Å². The number of aliphatic hydroxyl groups excluding tert-OH is 1. The quantitative estimate of drug-likeness (QED) is 0.794. The van der Waals surface area contributed by atoms with E-state index < -0.39 is 27.4 Å². The normalized spacial score (nSPS) is 14.5. The lowest BCUT2D eigenvalue weighted by Crippen LogP contribution is -2.27. The van der Waals surface area contributed by atoms with Crippen LogP contribution in [0.5, 0.6) is 0 Å². The van der Waals surface area contributed by atoms with Gasteiger partial charge in [0.05, 0.1) is 17.0 Å². The Labute approximate surface area is 163 Å². The molecule has 1 heterocycles. The number of benzene rings is 2. The van der Waals surface area contributed by atoms with Gasteiger partial charge in [0, 0.05) is 19.8 Å². The van der Waals surface area contributed by atoms with Gasteiger partial charge in [-0.1, -0.05) is 30.3 Å². The van der Waals surface area contributed by atoms with Crippen molar-refractivity contribution in [2.75, 3.05) is 19.8 Å². The third-order valence-corrected chi connectivity index (χ3v) is 5.59. The van der Waals surface area contributed by atoms with Crippen molar-refractivity contribution in [2.24, 2.45) is 0 Å². The molecule has 0 saturated carbocycles. The minimum Gasteiger partial charge on any atom is -0.503 e. The molecule has 0 atom stereocenters. The van der Waals surface area contributed by atoms with Gasteiger partial charge in [-0.2, -0.15) is 0 Å². The molecule has 3 rings (SSSR count). The Balaban J connectivity index is 1.76. The van der Waals surface area contributed by atoms with Crippen molar-refractivity contribution < 1.29 is 23.1 Å². The largest absolute Gasteiger partial charge is 0.503 e. The van der Waals surface area contributed by atoms with Crippen LogP contribution in [0.4, 0.5) is 0 Å². The molecule has 0 aromatic heterocycles. The second kappa shape index (κ2) is 7.47. The zero-order valence-corrected chi connectivity index (χ0v) is 16.3. The van der Waals surface area contributed by atoms with Crippen LogP contribution in [0.1, 0.15) is 5.56 Å². The predicted octanol–water partition coefficient (Wildman–Crippen LogP) is 1.66. The highest BCUT2D eigenvalue weighted by Gasteiger charge is 2.31. The lowest BCUT2D eigenvalue weighted by molar-refractivity contribution is -0.126. The van der Waals surface area contributed by atoms with Crippen LogP contribution in [0.25, 0.3) is 11.1 Å². The van der Waals surface area contributed by atoms with E-state index in [1.54, 1.807) is 18.2 Å². The maximum absolute atomic E-state index is 12.3. The first kappa shape index (κ1) is 19.6. The Hall–Kier alpha value is -3.13. The van der Waals surface area contributed by atoms with E-state index in [1.807, 2.05) is 30.3 Å².